The average molecular weight is 299 g/mol. The Labute approximate surface area is 131 Å². The number of likely N-dealkylation sites (N-methyl/N-ethyl adjacent to an activating group) is 1. The van der Waals surface area contributed by atoms with E-state index in [9.17, 15) is 9.59 Å². The molecule has 2 rings (SSSR count). The SMILES string of the molecule is CCCC[C@H]1C(=O)N(C)CCN1C(=O)c1cccc(C#N)c1. The van der Waals surface area contributed by atoms with Gasteiger partial charge in [0.05, 0.1) is 11.6 Å². The molecule has 0 unspecified atom stereocenters. The van der Waals surface area contributed by atoms with Gasteiger partial charge in [-0.15, -0.1) is 0 Å². The molecule has 1 aromatic rings. The molecule has 0 spiro atoms. The predicted molar refractivity (Wildman–Crippen MR) is 83.1 cm³/mol. The van der Waals surface area contributed by atoms with Gasteiger partial charge in [-0.3, -0.25) is 9.59 Å². The first-order valence-electron chi connectivity index (χ1n) is 7.64. The Morgan fingerprint density at radius 1 is 1.41 bits per heavy atom. The molecular weight excluding hydrogens is 278 g/mol. The van der Waals surface area contributed by atoms with Gasteiger partial charge in [0.15, 0.2) is 0 Å². The Morgan fingerprint density at radius 3 is 2.86 bits per heavy atom. The summed E-state index contributed by atoms with van der Waals surface area (Å²) in [6.45, 7) is 3.15. The Morgan fingerprint density at radius 2 is 2.18 bits per heavy atom. The number of benzene rings is 1. The molecule has 0 saturated carbocycles. The van der Waals surface area contributed by atoms with Gasteiger partial charge in [-0.2, -0.15) is 5.26 Å². The van der Waals surface area contributed by atoms with Gasteiger partial charge in [0.1, 0.15) is 6.04 Å². The minimum atomic E-state index is -0.392. The molecule has 0 aliphatic carbocycles. The number of hydrogen-bond donors (Lipinski definition) is 0. The highest BCUT2D eigenvalue weighted by Crippen LogP contribution is 2.19. The van der Waals surface area contributed by atoms with Crippen LogP contribution in [0.2, 0.25) is 0 Å². The molecule has 5 heteroatoms. The van der Waals surface area contributed by atoms with E-state index in [1.165, 1.54) is 0 Å². The molecular formula is C17H21N3O2. The van der Waals surface area contributed by atoms with Crippen LogP contribution in [0.3, 0.4) is 0 Å². The summed E-state index contributed by atoms with van der Waals surface area (Å²) >= 11 is 0. The molecule has 2 amide bonds. The van der Waals surface area contributed by atoms with Gasteiger partial charge in [-0.25, -0.2) is 0 Å². The number of nitriles is 1. The molecule has 1 fully saturated rings. The van der Waals surface area contributed by atoms with E-state index in [1.54, 1.807) is 41.1 Å². The van der Waals surface area contributed by atoms with Crippen LogP contribution < -0.4 is 0 Å². The summed E-state index contributed by atoms with van der Waals surface area (Å²) in [4.78, 5) is 28.5. The molecule has 1 aliphatic heterocycles. The number of unbranched alkanes of at least 4 members (excludes halogenated alkanes) is 1. The second kappa shape index (κ2) is 7.08. The number of carbonyl (C=O) groups excluding carboxylic acids is 2. The molecule has 0 bridgehead atoms. The zero-order valence-electron chi connectivity index (χ0n) is 13.1. The third-order valence-corrected chi connectivity index (χ3v) is 4.04. The summed E-state index contributed by atoms with van der Waals surface area (Å²) in [6.07, 6.45) is 2.58. The van der Waals surface area contributed by atoms with Crippen molar-refractivity contribution in [3.8, 4) is 6.07 Å². The zero-order chi connectivity index (χ0) is 16.1. The van der Waals surface area contributed by atoms with Crippen LogP contribution in [0, 0.1) is 11.3 Å². The van der Waals surface area contributed by atoms with E-state index in [0.29, 0.717) is 30.6 Å². The summed E-state index contributed by atoms with van der Waals surface area (Å²) < 4.78 is 0. The highest BCUT2D eigenvalue weighted by Gasteiger charge is 2.35. The van der Waals surface area contributed by atoms with Crippen molar-refractivity contribution < 1.29 is 9.59 Å². The molecule has 0 radical (unpaired) electrons. The van der Waals surface area contributed by atoms with Crippen LogP contribution in [0.4, 0.5) is 0 Å². The van der Waals surface area contributed by atoms with Crippen LogP contribution in [-0.2, 0) is 4.79 Å². The summed E-state index contributed by atoms with van der Waals surface area (Å²) in [6, 6.07) is 8.30. The second-order valence-electron chi connectivity index (χ2n) is 5.61. The van der Waals surface area contributed by atoms with E-state index in [4.69, 9.17) is 5.26 Å². The van der Waals surface area contributed by atoms with Crippen molar-refractivity contribution in [3.63, 3.8) is 0 Å². The van der Waals surface area contributed by atoms with Gasteiger partial charge in [0.25, 0.3) is 5.91 Å². The first-order chi connectivity index (χ1) is 10.6. The largest absolute Gasteiger partial charge is 0.342 e. The monoisotopic (exact) mass is 299 g/mol. The number of nitrogens with zero attached hydrogens (tertiary/aromatic N) is 3. The van der Waals surface area contributed by atoms with Crippen molar-refractivity contribution in [1.29, 1.82) is 5.26 Å². The first kappa shape index (κ1) is 16.0. The summed E-state index contributed by atoms with van der Waals surface area (Å²) in [5.74, 6) is -0.163. The van der Waals surface area contributed by atoms with Gasteiger partial charge < -0.3 is 9.80 Å². The lowest BCUT2D eigenvalue weighted by atomic mass is 10.0. The van der Waals surface area contributed by atoms with Gasteiger partial charge in [-0.1, -0.05) is 25.8 Å². The highest BCUT2D eigenvalue weighted by molar-refractivity contribution is 5.98. The number of carbonyl (C=O) groups is 2. The van der Waals surface area contributed by atoms with Crippen LogP contribution >= 0.6 is 0 Å². The lowest BCUT2D eigenvalue weighted by Gasteiger charge is -2.39. The molecule has 1 heterocycles. The number of piperazine rings is 1. The maximum absolute atomic E-state index is 12.7. The maximum atomic E-state index is 12.7. The normalized spacial score (nSPS) is 18.2. The minimum absolute atomic E-state index is 0.00416. The highest BCUT2D eigenvalue weighted by atomic mass is 16.2. The van der Waals surface area contributed by atoms with Crippen LogP contribution in [0.1, 0.15) is 42.1 Å². The third kappa shape index (κ3) is 3.28. The van der Waals surface area contributed by atoms with Crippen LogP contribution in [0.5, 0.6) is 0 Å². The summed E-state index contributed by atoms with van der Waals surface area (Å²) in [7, 11) is 1.78. The Balaban J connectivity index is 2.25. The fraction of sp³-hybridized carbons (Fsp3) is 0.471. The van der Waals surface area contributed by atoms with Crippen molar-refractivity contribution >= 4 is 11.8 Å². The van der Waals surface area contributed by atoms with Crippen molar-refractivity contribution in [2.75, 3.05) is 20.1 Å². The fourth-order valence-corrected chi connectivity index (χ4v) is 2.72. The van der Waals surface area contributed by atoms with Crippen molar-refractivity contribution in [1.82, 2.24) is 9.80 Å². The smallest absolute Gasteiger partial charge is 0.254 e. The third-order valence-electron chi connectivity index (χ3n) is 4.04. The standard InChI is InChI=1S/C17H21N3O2/c1-3-4-8-15-17(22)19(2)9-10-20(15)16(21)14-7-5-6-13(11-14)12-18/h5-7,11,15H,3-4,8-10H2,1-2H3/t15-/m0/s1. The second-order valence-corrected chi connectivity index (χ2v) is 5.61. The lowest BCUT2D eigenvalue weighted by Crippen LogP contribution is -2.57. The van der Waals surface area contributed by atoms with E-state index in [2.05, 4.69) is 6.92 Å². The van der Waals surface area contributed by atoms with E-state index in [1.807, 2.05) is 6.07 Å². The molecule has 1 aliphatic rings. The Kier molecular flexibility index (Phi) is 5.16. The van der Waals surface area contributed by atoms with E-state index >= 15 is 0 Å². The van der Waals surface area contributed by atoms with Crippen LogP contribution in [0.25, 0.3) is 0 Å². The first-order valence-corrected chi connectivity index (χ1v) is 7.64. The molecule has 116 valence electrons. The van der Waals surface area contributed by atoms with Gasteiger partial charge >= 0.3 is 0 Å². The van der Waals surface area contributed by atoms with Gasteiger partial charge in [-0.05, 0) is 24.6 Å². The predicted octanol–water partition coefficient (Wildman–Crippen LogP) is 2.03. The van der Waals surface area contributed by atoms with Crippen LogP contribution in [0.15, 0.2) is 24.3 Å². The number of hydrogen-bond acceptors (Lipinski definition) is 3. The molecule has 1 aromatic carbocycles. The van der Waals surface area contributed by atoms with Crippen molar-refractivity contribution in [2.24, 2.45) is 0 Å². The molecule has 5 nitrogen and oxygen atoms in total. The summed E-state index contributed by atoms with van der Waals surface area (Å²) in [5.41, 5.74) is 0.925. The molecule has 0 N–H and O–H groups in total. The van der Waals surface area contributed by atoms with Crippen molar-refractivity contribution in [2.45, 2.75) is 32.2 Å². The van der Waals surface area contributed by atoms with Gasteiger partial charge in [0.2, 0.25) is 5.91 Å². The topological polar surface area (TPSA) is 64.4 Å². The fourth-order valence-electron chi connectivity index (χ4n) is 2.72. The van der Waals surface area contributed by atoms with E-state index < -0.39 is 6.04 Å². The van der Waals surface area contributed by atoms with Gasteiger partial charge in [0, 0.05) is 25.7 Å². The molecule has 1 saturated heterocycles. The number of amides is 2. The quantitative estimate of drug-likeness (QED) is 0.854. The molecule has 22 heavy (non-hydrogen) atoms. The average Bonchev–Trinajstić information content (AvgIpc) is 2.55. The van der Waals surface area contributed by atoms with Crippen molar-refractivity contribution in [3.05, 3.63) is 35.4 Å². The lowest BCUT2D eigenvalue weighted by molar-refractivity contribution is -0.138. The minimum Gasteiger partial charge on any atom is -0.342 e. The summed E-state index contributed by atoms with van der Waals surface area (Å²) in [5, 5.41) is 8.96. The van der Waals surface area contributed by atoms with Crippen LogP contribution in [-0.4, -0.2) is 47.8 Å². The Hall–Kier alpha value is -2.35. The molecule has 1 atom stereocenters. The molecule has 0 aromatic heterocycles. The van der Waals surface area contributed by atoms with E-state index in [0.717, 1.165) is 12.8 Å². The maximum Gasteiger partial charge on any atom is 0.254 e. The number of rotatable bonds is 4. The Bertz CT molecular complexity index is 606. The zero-order valence-corrected chi connectivity index (χ0v) is 13.1. The van der Waals surface area contributed by atoms with E-state index in [-0.39, 0.29) is 11.8 Å².